The highest BCUT2D eigenvalue weighted by atomic mass is 15.2. The van der Waals surface area contributed by atoms with Gasteiger partial charge in [-0.3, -0.25) is 0 Å². The summed E-state index contributed by atoms with van der Waals surface area (Å²) in [5.74, 6) is 0. The molecule has 71 heavy (non-hydrogen) atoms. The zero-order chi connectivity index (χ0) is 47.6. The average molecular weight is 910 g/mol. The quantitative estimate of drug-likeness (QED) is 0.121. The maximum Gasteiger partial charge on any atom is 0.0714 e. The van der Waals surface area contributed by atoms with E-state index in [9.17, 15) is 0 Å². The first-order chi connectivity index (χ1) is 35.2. The summed E-state index contributed by atoms with van der Waals surface area (Å²) in [6.45, 7) is 2.26. The predicted octanol–water partition coefficient (Wildman–Crippen LogP) is 18.4. The molecule has 0 N–H and O–H groups in total. The van der Waals surface area contributed by atoms with E-state index in [0.29, 0.717) is 0 Å². The zero-order valence-electron chi connectivity index (χ0n) is 39.6. The molecule has 3 nitrogen and oxygen atoms in total. The smallest absolute Gasteiger partial charge is 0.0714 e. The monoisotopic (exact) mass is 909 g/mol. The largest absolute Gasteiger partial charge is 0.310 e. The molecule has 0 spiro atoms. The number of nitrogens with zero attached hydrogens (tertiary/aromatic N) is 3. The topological polar surface area (TPSA) is 9.72 Å². The normalized spacial score (nSPS) is 12.1. The highest BCUT2D eigenvalue weighted by Gasteiger charge is 2.47. The number of hydrogen-bond donors (Lipinski definition) is 0. The molecule has 11 aromatic carbocycles. The Kier molecular flexibility index (Phi) is 11.4. The Hall–Kier alpha value is -9.18. The van der Waals surface area contributed by atoms with E-state index in [1.807, 2.05) is 0 Å². The van der Waals surface area contributed by atoms with Gasteiger partial charge in [0.1, 0.15) is 0 Å². The Morgan fingerprint density at radius 3 is 1.15 bits per heavy atom. The summed E-state index contributed by atoms with van der Waals surface area (Å²) >= 11 is 0. The van der Waals surface area contributed by atoms with Crippen LogP contribution in [0.5, 0.6) is 0 Å². The Labute approximate surface area is 417 Å². The number of anilines is 9. The molecule has 0 unspecified atom stereocenters. The molecule has 0 heterocycles. The third-order valence-corrected chi connectivity index (χ3v) is 14.0. The fourth-order valence-corrected chi connectivity index (χ4v) is 11.0. The summed E-state index contributed by atoms with van der Waals surface area (Å²) in [6.07, 6.45) is 0. The van der Waals surface area contributed by atoms with Crippen molar-refractivity contribution in [2.75, 3.05) is 14.7 Å². The van der Waals surface area contributed by atoms with Crippen LogP contribution in [-0.2, 0) is 5.41 Å². The van der Waals surface area contributed by atoms with E-state index in [1.54, 1.807) is 0 Å². The molecule has 0 aromatic heterocycles. The molecule has 12 rings (SSSR count). The molecule has 11 aromatic rings. The van der Waals surface area contributed by atoms with E-state index >= 15 is 0 Å². The van der Waals surface area contributed by atoms with E-state index in [-0.39, 0.29) is 0 Å². The minimum atomic E-state index is -0.596. The van der Waals surface area contributed by atoms with Crippen molar-refractivity contribution in [1.29, 1.82) is 0 Å². The molecule has 0 fully saturated rings. The van der Waals surface area contributed by atoms with Gasteiger partial charge >= 0.3 is 0 Å². The molecular weight excluding hydrogens is 859 g/mol. The van der Waals surface area contributed by atoms with Crippen LogP contribution >= 0.6 is 0 Å². The van der Waals surface area contributed by atoms with Crippen LogP contribution in [0.1, 0.15) is 27.8 Å². The maximum atomic E-state index is 2.49. The van der Waals surface area contributed by atoms with Gasteiger partial charge in [-0.2, -0.15) is 0 Å². The van der Waals surface area contributed by atoms with Crippen molar-refractivity contribution in [1.82, 2.24) is 0 Å². The van der Waals surface area contributed by atoms with Gasteiger partial charge < -0.3 is 14.7 Å². The first-order valence-corrected chi connectivity index (χ1v) is 24.4. The van der Waals surface area contributed by atoms with Crippen LogP contribution in [0.2, 0.25) is 0 Å². The van der Waals surface area contributed by atoms with Gasteiger partial charge in [0, 0.05) is 34.0 Å². The summed E-state index contributed by atoms with van der Waals surface area (Å²) < 4.78 is 0. The second-order valence-electron chi connectivity index (χ2n) is 18.1. The van der Waals surface area contributed by atoms with E-state index in [4.69, 9.17) is 0 Å². The van der Waals surface area contributed by atoms with Gasteiger partial charge in [-0.15, -0.1) is 0 Å². The van der Waals surface area contributed by atoms with Crippen molar-refractivity contribution >= 4 is 51.2 Å². The number of aryl methyl sites for hydroxylation is 1. The third kappa shape index (κ3) is 7.75. The third-order valence-electron chi connectivity index (χ3n) is 14.0. The lowest BCUT2D eigenvalue weighted by atomic mass is 9.67. The number of rotatable bonds is 12. The van der Waals surface area contributed by atoms with Crippen molar-refractivity contribution < 1.29 is 0 Å². The summed E-state index contributed by atoms with van der Waals surface area (Å²) in [5.41, 5.74) is 19.9. The van der Waals surface area contributed by atoms with E-state index in [0.717, 1.165) is 62.3 Å². The Bertz CT molecular complexity index is 3360. The molecule has 1 aliphatic rings. The van der Waals surface area contributed by atoms with Gasteiger partial charge in [0.05, 0.1) is 28.2 Å². The molecule has 1 aliphatic carbocycles. The van der Waals surface area contributed by atoms with Crippen molar-refractivity contribution in [3.63, 3.8) is 0 Å². The van der Waals surface area contributed by atoms with Crippen LogP contribution in [0.25, 0.3) is 22.3 Å². The molecule has 3 heteroatoms. The molecule has 338 valence electrons. The van der Waals surface area contributed by atoms with Gasteiger partial charge in [-0.05, 0) is 136 Å². The summed E-state index contributed by atoms with van der Waals surface area (Å²) in [5, 5.41) is 0. The fraction of sp³-hybridized carbons (Fsp3) is 0.0294. The van der Waals surface area contributed by atoms with Crippen LogP contribution in [0.15, 0.2) is 291 Å². The zero-order valence-corrected chi connectivity index (χ0v) is 39.6. The fourth-order valence-electron chi connectivity index (χ4n) is 11.0. The van der Waals surface area contributed by atoms with Gasteiger partial charge in [-0.25, -0.2) is 0 Å². The van der Waals surface area contributed by atoms with Crippen LogP contribution in [0.3, 0.4) is 0 Å². The van der Waals surface area contributed by atoms with Gasteiger partial charge in [0.25, 0.3) is 0 Å². The van der Waals surface area contributed by atoms with Gasteiger partial charge in [0.2, 0.25) is 0 Å². The summed E-state index contributed by atoms with van der Waals surface area (Å²) in [6, 6.07) is 106. The second kappa shape index (κ2) is 18.7. The Morgan fingerprint density at radius 2 is 0.676 bits per heavy atom. The van der Waals surface area contributed by atoms with Crippen molar-refractivity contribution in [2.45, 2.75) is 12.3 Å². The summed E-state index contributed by atoms with van der Waals surface area (Å²) in [7, 11) is 0. The molecule has 0 bridgehead atoms. The standard InChI is InChI=1S/C68H51N3/c1-50-26-25-42-64-67(50)63-45-44-58(49-65(63)68(64,52-29-11-3-12-30-52)53-31-13-4-14-32-53)71(66-43-24-23-41-62(66)51-27-9-2-10-28-51)61-47-59(69(54-33-15-5-16-34-54)55-35-17-6-18-36-55)46-60(48-61)70(56-37-19-7-20-38-56)57-39-21-8-22-40-57/h2-49H,1H3. The van der Waals surface area contributed by atoms with Crippen molar-refractivity contribution in [2.24, 2.45) is 0 Å². The average Bonchev–Trinajstić information content (AvgIpc) is 3.74. The van der Waals surface area contributed by atoms with E-state index in [2.05, 4.69) is 313 Å². The number of fused-ring (bicyclic) bond motifs is 3. The molecule has 0 saturated heterocycles. The molecule has 0 aliphatic heterocycles. The molecular formula is C68H51N3. The molecule has 0 atom stereocenters. The van der Waals surface area contributed by atoms with Crippen molar-refractivity contribution in [3.8, 4) is 22.3 Å². The SMILES string of the molecule is Cc1cccc2c1-c1ccc(N(c3cc(N(c4ccccc4)c4ccccc4)cc(N(c4ccccc4)c4ccccc4)c3)c3ccccc3-c3ccccc3)cc1C2(c1ccccc1)c1ccccc1. The minimum Gasteiger partial charge on any atom is -0.310 e. The molecule has 0 saturated carbocycles. The van der Waals surface area contributed by atoms with Gasteiger partial charge in [-0.1, -0.05) is 206 Å². The Balaban J connectivity index is 1.19. The lowest BCUT2D eigenvalue weighted by molar-refractivity contribution is 0.768. The maximum absolute atomic E-state index is 2.49. The molecule has 0 amide bonds. The first-order valence-electron chi connectivity index (χ1n) is 24.4. The first kappa shape index (κ1) is 43.1. The molecule has 0 radical (unpaired) electrons. The summed E-state index contributed by atoms with van der Waals surface area (Å²) in [4.78, 5) is 7.25. The van der Waals surface area contributed by atoms with Crippen LogP contribution < -0.4 is 14.7 Å². The van der Waals surface area contributed by atoms with Crippen LogP contribution in [0.4, 0.5) is 51.2 Å². The lowest BCUT2D eigenvalue weighted by Gasteiger charge is -2.36. The second-order valence-corrected chi connectivity index (χ2v) is 18.1. The highest BCUT2D eigenvalue weighted by molar-refractivity contribution is 5.95. The van der Waals surface area contributed by atoms with Crippen LogP contribution in [-0.4, -0.2) is 0 Å². The highest BCUT2D eigenvalue weighted by Crippen LogP contribution is 2.58. The number of hydrogen-bond acceptors (Lipinski definition) is 3. The number of para-hydroxylation sites is 5. The lowest BCUT2D eigenvalue weighted by Crippen LogP contribution is -2.28. The van der Waals surface area contributed by atoms with Crippen molar-refractivity contribution in [3.05, 3.63) is 319 Å². The van der Waals surface area contributed by atoms with E-state index in [1.165, 1.54) is 38.9 Å². The number of benzene rings is 11. The predicted molar refractivity (Wildman–Crippen MR) is 298 cm³/mol. The minimum absolute atomic E-state index is 0.596. The Morgan fingerprint density at radius 1 is 0.268 bits per heavy atom. The van der Waals surface area contributed by atoms with Crippen LogP contribution in [0, 0.1) is 6.92 Å². The van der Waals surface area contributed by atoms with E-state index < -0.39 is 5.41 Å². The van der Waals surface area contributed by atoms with Gasteiger partial charge in [0.15, 0.2) is 0 Å².